The van der Waals surface area contributed by atoms with Crippen molar-refractivity contribution in [1.29, 1.82) is 0 Å². The predicted molar refractivity (Wildman–Crippen MR) is 57.9 cm³/mol. The lowest BCUT2D eigenvalue weighted by molar-refractivity contribution is -0.143. The number of cyclic esters (lactones) is 1. The summed E-state index contributed by atoms with van der Waals surface area (Å²) in [6.07, 6.45) is -0.0626. The van der Waals surface area contributed by atoms with E-state index in [-0.39, 0.29) is 18.0 Å². The average molecular weight is 229 g/mol. The molecule has 0 spiro atoms. The van der Waals surface area contributed by atoms with E-state index in [0.29, 0.717) is 13.0 Å². The summed E-state index contributed by atoms with van der Waals surface area (Å²) in [7, 11) is 0. The third-order valence-corrected chi connectivity index (χ3v) is 2.17. The molecule has 0 aromatic carbocycles. The van der Waals surface area contributed by atoms with Crippen LogP contribution in [0.2, 0.25) is 0 Å². The third-order valence-electron chi connectivity index (χ3n) is 2.17. The van der Waals surface area contributed by atoms with Crippen molar-refractivity contribution in [2.45, 2.75) is 45.8 Å². The van der Waals surface area contributed by atoms with E-state index in [0.717, 1.165) is 0 Å². The minimum Gasteiger partial charge on any atom is -0.460 e. The number of nitrogens with one attached hydrogen (secondary N) is 1. The SMILES string of the molecule is CC1CC(CNC(=O)OC(C)(C)C)OC1=O. The van der Waals surface area contributed by atoms with E-state index in [2.05, 4.69) is 5.32 Å². The second-order valence-corrected chi connectivity index (χ2v) is 5.08. The van der Waals surface area contributed by atoms with Crippen LogP contribution in [-0.4, -0.2) is 30.3 Å². The van der Waals surface area contributed by atoms with Gasteiger partial charge in [0.1, 0.15) is 11.7 Å². The van der Waals surface area contributed by atoms with Crippen LogP contribution in [0, 0.1) is 5.92 Å². The first-order valence-electron chi connectivity index (χ1n) is 5.45. The van der Waals surface area contributed by atoms with Gasteiger partial charge in [0.2, 0.25) is 0 Å². The summed E-state index contributed by atoms with van der Waals surface area (Å²) in [5, 5.41) is 2.58. The molecule has 0 aromatic heterocycles. The summed E-state index contributed by atoms with van der Waals surface area (Å²) in [5.74, 6) is -0.276. The number of ether oxygens (including phenoxy) is 2. The summed E-state index contributed by atoms with van der Waals surface area (Å²) in [5.41, 5.74) is -0.510. The van der Waals surface area contributed by atoms with Crippen molar-refractivity contribution < 1.29 is 19.1 Å². The molecule has 1 aliphatic heterocycles. The lowest BCUT2D eigenvalue weighted by Gasteiger charge is -2.20. The van der Waals surface area contributed by atoms with Crippen LogP contribution in [0.15, 0.2) is 0 Å². The van der Waals surface area contributed by atoms with Gasteiger partial charge in [0.15, 0.2) is 0 Å². The first-order chi connectivity index (χ1) is 7.28. The average Bonchev–Trinajstić information content (AvgIpc) is 2.40. The van der Waals surface area contributed by atoms with Crippen molar-refractivity contribution in [1.82, 2.24) is 5.32 Å². The minimum atomic E-state index is -0.510. The van der Waals surface area contributed by atoms with Crippen LogP contribution < -0.4 is 5.32 Å². The fourth-order valence-corrected chi connectivity index (χ4v) is 1.46. The fraction of sp³-hybridized carbons (Fsp3) is 0.818. The van der Waals surface area contributed by atoms with Crippen molar-refractivity contribution in [2.24, 2.45) is 5.92 Å². The summed E-state index contributed by atoms with van der Waals surface area (Å²) < 4.78 is 10.1. The Hall–Kier alpha value is -1.26. The number of hydrogen-bond donors (Lipinski definition) is 1. The highest BCUT2D eigenvalue weighted by Gasteiger charge is 2.31. The van der Waals surface area contributed by atoms with E-state index in [1.165, 1.54) is 0 Å². The van der Waals surface area contributed by atoms with Crippen molar-refractivity contribution in [3.8, 4) is 0 Å². The first-order valence-corrected chi connectivity index (χ1v) is 5.45. The molecule has 0 saturated carbocycles. The smallest absolute Gasteiger partial charge is 0.407 e. The van der Waals surface area contributed by atoms with Gasteiger partial charge in [0.05, 0.1) is 12.5 Å². The van der Waals surface area contributed by atoms with Crippen LogP contribution in [-0.2, 0) is 14.3 Å². The molecule has 2 unspecified atom stereocenters. The Balaban J connectivity index is 2.26. The van der Waals surface area contributed by atoms with Crippen LogP contribution in [0.5, 0.6) is 0 Å². The number of hydrogen-bond acceptors (Lipinski definition) is 4. The van der Waals surface area contributed by atoms with Gasteiger partial charge in [-0.05, 0) is 27.2 Å². The van der Waals surface area contributed by atoms with Crippen LogP contribution in [0.4, 0.5) is 4.79 Å². The van der Waals surface area contributed by atoms with Crippen molar-refractivity contribution >= 4 is 12.1 Å². The Kier molecular flexibility index (Phi) is 3.78. The highest BCUT2D eigenvalue weighted by Crippen LogP contribution is 2.19. The zero-order chi connectivity index (χ0) is 12.3. The number of esters is 1. The number of carbonyl (C=O) groups excluding carboxylic acids is 2. The summed E-state index contributed by atoms with van der Waals surface area (Å²) in [4.78, 5) is 22.4. The van der Waals surface area contributed by atoms with Gasteiger partial charge in [-0.1, -0.05) is 6.92 Å². The monoisotopic (exact) mass is 229 g/mol. The molecule has 1 aliphatic rings. The van der Waals surface area contributed by atoms with Gasteiger partial charge in [0.25, 0.3) is 0 Å². The van der Waals surface area contributed by atoms with Gasteiger partial charge in [-0.2, -0.15) is 0 Å². The van der Waals surface area contributed by atoms with E-state index in [4.69, 9.17) is 9.47 Å². The van der Waals surface area contributed by atoms with E-state index >= 15 is 0 Å². The molecule has 1 saturated heterocycles. The van der Waals surface area contributed by atoms with E-state index in [9.17, 15) is 9.59 Å². The van der Waals surface area contributed by atoms with Crippen LogP contribution >= 0.6 is 0 Å². The van der Waals surface area contributed by atoms with Gasteiger partial charge in [0, 0.05) is 0 Å². The Morgan fingerprint density at radius 2 is 2.19 bits per heavy atom. The van der Waals surface area contributed by atoms with Gasteiger partial charge >= 0.3 is 12.1 Å². The number of carbonyl (C=O) groups is 2. The highest BCUT2D eigenvalue weighted by molar-refractivity contribution is 5.74. The maximum Gasteiger partial charge on any atom is 0.407 e. The molecule has 1 amide bonds. The van der Waals surface area contributed by atoms with E-state index < -0.39 is 11.7 Å². The minimum absolute atomic E-state index is 0.0783. The Morgan fingerprint density at radius 1 is 1.56 bits per heavy atom. The third kappa shape index (κ3) is 4.08. The molecule has 1 N–H and O–H groups in total. The van der Waals surface area contributed by atoms with Gasteiger partial charge < -0.3 is 14.8 Å². The normalized spacial score (nSPS) is 25.1. The molecule has 1 fully saturated rings. The summed E-state index contributed by atoms with van der Waals surface area (Å²) >= 11 is 0. The van der Waals surface area contributed by atoms with Crippen LogP contribution in [0.1, 0.15) is 34.1 Å². The maximum absolute atomic E-state index is 11.3. The molecule has 5 nitrogen and oxygen atoms in total. The largest absolute Gasteiger partial charge is 0.460 e. The van der Waals surface area contributed by atoms with Gasteiger partial charge in [-0.25, -0.2) is 4.79 Å². The molecule has 16 heavy (non-hydrogen) atoms. The highest BCUT2D eigenvalue weighted by atomic mass is 16.6. The molecule has 1 heterocycles. The first kappa shape index (κ1) is 12.8. The van der Waals surface area contributed by atoms with Crippen molar-refractivity contribution in [3.63, 3.8) is 0 Å². The molecule has 0 radical (unpaired) electrons. The topological polar surface area (TPSA) is 64.6 Å². The number of rotatable bonds is 2. The maximum atomic E-state index is 11.3. The van der Waals surface area contributed by atoms with E-state index in [1.54, 1.807) is 20.8 Å². The molecular formula is C11H19NO4. The molecule has 92 valence electrons. The standard InChI is InChI=1S/C11H19NO4/c1-7-5-8(15-9(7)13)6-12-10(14)16-11(2,3)4/h7-8H,5-6H2,1-4H3,(H,12,14). The van der Waals surface area contributed by atoms with Crippen LogP contribution in [0.3, 0.4) is 0 Å². The molecule has 0 aromatic rings. The van der Waals surface area contributed by atoms with Crippen LogP contribution in [0.25, 0.3) is 0 Å². The summed E-state index contributed by atoms with van der Waals surface area (Å²) in [6, 6.07) is 0. The Morgan fingerprint density at radius 3 is 2.62 bits per heavy atom. The molecule has 0 bridgehead atoms. The molecule has 5 heteroatoms. The lowest BCUT2D eigenvalue weighted by atomic mass is 10.1. The molecule has 1 rings (SSSR count). The zero-order valence-corrected chi connectivity index (χ0v) is 10.2. The Bertz CT molecular complexity index is 282. The predicted octanol–water partition coefficient (Wildman–Crippen LogP) is 1.46. The quantitative estimate of drug-likeness (QED) is 0.728. The molecular weight excluding hydrogens is 210 g/mol. The zero-order valence-electron chi connectivity index (χ0n) is 10.2. The Labute approximate surface area is 95.5 Å². The lowest BCUT2D eigenvalue weighted by Crippen LogP contribution is -2.36. The number of alkyl carbamates (subject to hydrolysis) is 1. The van der Waals surface area contributed by atoms with E-state index in [1.807, 2.05) is 6.92 Å². The van der Waals surface area contributed by atoms with Gasteiger partial charge in [-0.15, -0.1) is 0 Å². The number of amides is 1. The second-order valence-electron chi connectivity index (χ2n) is 5.08. The second kappa shape index (κ2) is 4.72. The van der Waals surface area contributed by atoms with Gasteiger partial charge in [-0.3, -0.25) is 4.79 Å². The molecule has 2 atom stereocenters. The van der Waals surface area contributed by atoms with Crippen molar-refractivity contribution in [3.05, 3.63) is 0 Å². The van der Waals surface area contributed by atoms with Crippen molar-refractivity contribution in [2.75, 3.05) is 6.54 Å². The fourth-order valence-electron chi connectivity index (χ4n) is 1.46. The molecule has 0 aliphatic carbocycles. The summed E-state index contributed by atoms with van der Waals surface area (Å²) in [6.45, 7) is 7.51.